The number of anilines is 1. The molecule has 7 heteroatoms. The Kier molecular flexibility index (Phi) is 4.78. The summed E-state index contributed by atoms with van der Waals surface area (Å²) in [6.45, 7) is 3.55. The van der Waals surface area contributed by atoms with Crippen molar-refractivity contribution in [2.75, 3.05) is 18.1 Å². The maximum atomic E-state index is 14.3. The first-order chi connectivity index (χ1) is 14.7. The standard InChI is InChI=1S/C23H22FN5O/c1-2-30-17-11-9-16(10-12-17)20-8-5-15-28(20)22-14-13-21-25-26-23(29(21)27-22)18-6-3-4-7-19(18)24/h3-4,6-7,9-14,20H,2,5,8,15H2,1H3. The summed E-state index contributed by atoms with van der Waals surface area (Å²) in [4.78, 5) is 2.29. The zero-order chi connectivity index (χ0) is 20.5. The molecule has 0 saturated carbocycles. The van der Waals surface area contributed by atoms with Crippen molar-refractivity contribution in [2.24, 2.45) is 0 Å². The van der Waals surface area contributed by atoms with E-state index >= 15 is 0 Å². The topological polar surface area (TPSA) is 55.5 Å². The Morgan fingerprint density at radius 1 is 1.03 bits per heavy atom. The number of rotatable bonds is 5. The van der Waals surface area contributed by atoms with Gasteiger partial charge in [0.15, 0.2) is 11.5 Å². The van der Waals surface area contributed by atoms with Gasteiger partial charge in [0.25, 0.3) is 0 Å². The molecule has 0 amide bonds. The second-order valence-electron chi connectivity index (χ2n) is 7.32. The predicted molar refractivity (Wildman–Crippen MR) is 113 cm³/mol. The monoisotopic (exact) mass is 403 g/mol. The van der Waals surface area contributed by atoms with Gasteiger partial charge in [0.1, 0.15) is 17.4 Å². The van der Waals surface area contributed by atoms with Crippen molar-refractivity contribution in [3.05, 3.63) is 72.0 Å². The van der Waals surface area contributed by atoms with E-state index in [4.69, 9.17) is 9.84 Å². The van der Waals surface area contributed by atoms with E-state index in [1.54, 1.807) is 22.7 Å². The minimum absolute atomic E-state index is 0.235. The van der Waals surface area contributed by atoms with Crippen LogP contribution in [0.1, 0.15) is 31.4 Å². The van der Waals surface area contributed by atoms with Crippen LogP contribution in [0.25, 0.3) is 17.0 Å². The van der Waals surface area contributed by atoms with Gasteiger partial charge in [0.05, 0.1) is 18.2 Å². The number of ether oxygens (including phenoxy) is 1. The molecule has 2 aromatic carbocycles. The van der Waals surface area contributed by atoms with Crippen LogP contribution in [0.5, 0.6) is 5.75 Å². The third-order valence-corrected chi connectivity index (χ3v) is 5.49. The highest BCUT2D eigenvalue weighted by atomic mass is 19.1. The normalized spacial score (nSPS) is 16.3. The summed E-state index contributed by atoms with van der Waals surface area (Å²) in [6.07, 6.45) is 2.13. The molecular weight excluding hydrogens is 381 g/mol. The molecule has 6 nitrogen and oxygen atoms in total. The fourth-order valence-corrected chi connectivity index (χ4v) is 4.08. The molecule has 0 N–H and O–H groups in total. The van der Waals surface area contributed by atoms with Gasteiger partial charge in [-0.1, -0.05) is 24.3 Å². The van der Waals surface area contributed by atoms with E-state index in [0.717, 1.165) is 31.0 Å². The molecule has 0 spiro atoms. The molecule has 3 heterocycles. The zero-order valence-corrected chi connectivity index (χ0v) is 16.7. The molecule has 30 heavy (non-hydrogen) atoms. The number of aromatic nitrogens is 4. The van der Waals surface area contributed by atoms with Crippen LogP contribution in [0.2, 0.25) is 0 Å². The van der Waals surface area contributed by atoms with Crippen LogP contribution in [0.15, 0.2) is 60.7 Å². The zero-order valence-electron chi connectivity index (χ0n) is 16.7. The molecule has 4 aromatic rings. The molecule has 1 aliphatic rings. The van der Waals surface area contributed by atoms with E-state index < -0.39 is 0 Å². The van der Waals surface area contributed by atoms with Crippen LogP contribution in [0.3, 0.4) is 0 Å². The summed E-state index contributed by atoms with van der Waals surface area (Å²) >= 11 is 0. The second kappa shape index (κ2) is 7.74. The number of fused-ring (bicyclic) bond motifs is 1. The van der Waals surface area contributed by atoms with Crippen molar-refractivity contribution in [1.29, 1.82) is 0 Å². The van der Waals surface area contributed by atoms with Gasteiger partial charge in [-0.2, -0.15) is 4.52 Å². The number of nitrogens with zero attached hydrogens (tertiary/aromatic N) is 5. The minimum atomic E-state index is -0.340. The number of hydrogen-bond acceptors (Lipinski definition) is 5. The van der Waals surface area contributed by atoms with Gasteiger partial charge in [-0.25, -0.2) is 4.39 Å². The lowest BCUT2D eigenvalue weighted by atomic mass is 10.0. The summed E-state index contributed by atoms with van der Waals surface area (Å²) in [5, 5.41) is 13.1. The van der Waals surface area contributed by atoms with Crippen molar-refractivity contribution in [3.8, 4) is 17.1 Å². The minimum Gasteiger partial charge on any atom is -0.494 e. The summed E-state index contributed by atoms with van der Waals surface area (Å²) in [5.41, 5.74) is 2.21. The molecule has 152 valence electrons. The highest BCUT2D eigenvalue weighted by molar-refractivity contribution is 5.60. The van der Waals surface area contributed by atoms with Crippen LogP contribution in [0.4, 0.5) is 10.2 Å². The lowest BCUT2D eigenvalue weighted by Crippen LogP contribution is -2.24. The summed E-state index contributed by atoms with van der Waals surface area (Å²) in [6, 6.07) is 18.9. The van der Waals surface area contributed by atoms with Gasteiger partial charge in [-0.3, -0.25) is 0 Å². The third kappa shape index (κ3) is 3.26. The summed E-state index contributed by atoms with van der Waals surface area (Å²) < 4.78 is 21.5. The van der Waals surface area contributed by atoms with Crippen LogP contribution >= 0.6 is 0 Å². The lowest BCUT2D eigenvalue weighted by Gasteiger charge is -2.26. The predicted octanol–water partition coefficient (Wildman–Crippen LogP) is 4.67. The van der Waals surface area contributed by atoms with Gasteiger partial charge in [0, 0.05) is 6.54 Å². The number of benzene rings is 2. The molecule has 1 atom stereocenters. The van der Waals surface area contributed by atoms with Crippen molar-refractivity contribution >= 4 is 11.5 Å². The van der Waals surface area contributed by atoms with Gasteiger partial charge < -0.3 is 9.64 Å². The van der Waals surface area contributed by atoms with Gasteiger partial charge >= 0.3 is 0 Å². The fourth-order valence-electron chi connectivity index (χ4n) is 4.08. The molecule has 1 saturated heterocycles. The quantitative estimate of drug-likeness (QED) is 0.485. The Labute approximate surface area is 173 Å². The van der Waals surface area contributed by atoms with Gasteiger partial charge in [0.2, 0.25) is 0 Å². The average Bonchev–Trinajstić information content (AvgIpc) is 3.42. The summed E-state index contributed by atoms with van der Waals surface area (Å²) in [5.74, 6) is 1.77. The van der Waals surface area contributed by atoms with Crippen LogP contribution < -0.4 is 9.64 Å². The first-order valence-corrected chi connectivity index (χ1v) is 10.2. The van der Waals surface area contributed by atoms with E-state index in [-0.39, 0.29) is 11.9 Å². The highest BCUT2D eigenvalue weighted by Gasteiger charge is 2.28. The first-order valence-electron chi connectivity index (χ1n) is 10.2. The molecule has 0 aliphatic carbocycles. The Morgan fingerprint density at radius 3 is 2.67 bits per heavy atom. The lowest BCUT2D eigenvalue weighted by molar-refractivity contribution is 0.340. The highest BCUT2D eigenvalue weighted by Crippen LogP contribution is 2.36. The van der Waals surface area contributed by atoms with Crippen LogP contribution in [-0.2, 0) is 0 Å². The Bertz CT molecular complexity index is 1170. The molecule has 1 unspecified atom stereocenters. The van der Waals surface area contributed by atoms with Crippen molar-refractivity contribution in [3.63, 3.8) is 0 Å². The molecule has 1 aliphatic heterocycles. The SMILES string of the molecule is CCOc1ccc(C2CCCN2c2ccc3nnc(-c4ccccc4F)n3n2)cc1. The van der Waals surface area contributed by atoms with E-state index in [1.807, 2.05) is 31.2 Å². The molecule has 2 aromatic heterocycles. The third-order valence-electron chi connectivity index (χ3n) is 5.49. The van der Waals surface area contributed by atoms with E-state index in [0.29, 0.717) is 23.6 Å². The van der Waals surface area contributed by atoms with Crippen LogP contribution in [-0.4, -0.2) is 33.0 Å². The molecule has 0 bridgehead atoms. The molecule has 0 radical (unpaired) electrons. The molecule has 1 fully saturated rings. The smallest absolute Gasteiger partial charge is 0.188 e. The first kappa shape index (κ1) is 18.5. The van der Waals surface area contributed by atoms with Gasteiger partial charge in [-0.05, 0) is 61.7 Å². The average molecular weight is 403 g/mol. The maximum Gasteiger partial charge on any atom is 0.188 e. The van der Waals surface area contributed by atoms with Gasteiger partial charge in [-0.15, -0.1) is 15.3 Å². The number of halogens is 1. The van der Waals surface area contributed by atoms with E-state index in [1.165, 1.54) is 11.6 Å². The fraction of sp³-hybridized carbons (Fsp3) is 0.261. The van der Waals surface area contributed by atoms with Crippen LogP contribution in [0, 0.1) is 5.82 Å². The Hall–Kier alpha value is -3.48. The van der Waals surface area contributed by atoms with E-state index in [2.05, 4.69) is 27.2 Å². The maximum absolute atomic E-state index is 14.3. The van der Waals surface area contributed by atoms with Crippen molar-refractivity contribution in [1.82, 2.24) is 19.8 Å². The number of hydrogen-bond donors (Lipinski definition) is 0. The summed E-state index contributed by atoms with van der Waals surface area (Å²) in [7, 11) is 0. The van der Waals surface area contributed by atoms with E-state index in [9.17, 15) is 4.39 Å². The second-order valence-corrected chi connectivity index (χ2v) is 7.32. The molecule has 5 rings (SSSR count). The van der Waals surface area contributed by atoms with Crippen molar-refractivity contribution < 1.29 is 9.13 Å². The van der Waals surface area contributed by atoms with Crippen molar-refractivity contribution in [2.45, 2.75) is 25.8 Å². The largest absolute Gasteiger partial charge is 0.494 e. The molecular formula is C23H22FN5O. The Balaban J connectivity index is 1.51. The Morgan fingerprint density at radius 2 is 1.87 bits per heavy atom.